The monoisotopic (exact) mass is 462 g/mol. The average Bonchev–Trinajstić information content (AvgIpc) is 2.75. The summed E-state index contributed by atoms with van der Waals surface area (Å²) >= 11 is 11.7. The SMILES string of the molecule is Cc1ncccc1N[S+](O)c1c(Cl)cc(-c2ccnc(N3CCNCC3)c2)cc1Cl. The number of benzene rings is 1. The van der Waals surface area contributed by atoms with Gasteiger partial charge in [0.1, 0.15) is 21.6 Å². The maximum Gasteiger partial charge on any atom is 0.306 e. The minimum absolute atomic E-state index is 0.401. The Balaban J connectivity index is 1.60. The first kappa shape index (κ1) is 21.2. The zero-order valence-electron chi connectivity index (χ0n) is 16.4. The Morgan fingerprint density at radius 2 is 1.77 bits per heavy atom. The van der Waals surface area contributed by atoms with Gasteiger partial charge < -0.3 is 10.2 Å². The van der Waals surface area contributed by atoms with E-state index in [9.17, 15) is 4.55 Å². The van der Waals surface area contributed by atoms with E-state index in [0.29, 0.717) is 14.9 Å². The van der Waals surface area contributed by atoms with Crippen molar-refractivity contribution in [3.63, 3.8) is 0 Å². The summed E-state index contributed by atoms with van der Waals surface area (Å²) in [5.41, 5.74) is 3.37. The number of nitrogens with zero attached hydrogens (tertiary/aromatic N) is 3. The van der Waals surface area contributed by atoms with Crippen molar-refractivity contribution in [3.05, 3.63) is 64.5 Å². The summed E-state index contributed by atoms with van der Waals surface area (Å²) < 4.78 is 13.8. The van der Waals surface area contributed by atoms with Gasteiger partial charge in [-0.3, -0.25) is 4.98 Å². The van der Waals surface area contributed by atoms with Crippen molar-refractivity contribution in [2.24, 2.45) is 0 Å². The number of halogens is 2. The Morgan fingerprint density at radius 1 is 1.03 bits per heavy atom. The van der Waals surface area contributed by atoms with Crippen LogP contribution in [0.25, 0.3) is 11.1 Å². The summed E-state index contributed by atoms with van der Waals surface area (Å²) in [7, 11) is 0. The van der Waals surface area contributed by atoms with Crippen molar-refractivity contribution in [1.82, 2.24) is 15.3 Å². The summed E-state index contributed by atoms with van der Waals surface area (Å²) in [5.74, 6) is 0.931. The number of aromatic nitrogens is 2. The van der Waals surface area contributed by atoms with Crippen LogP contribution in [-0.4, -0.2) is 40.7 Å². The van der Waals surface area contributed by atoms with Crippen LogP contribution in [0.5, 0.6) is 0 Å². The van der Waals surface area contributed by atoms with Crippen molar-refractivity contribution in [1.29, 1.82) is 0 Å². The van der Waals surface area contributed by atoms with Gasteiger partial charge in [0.05, 0.1) is 5.69 Å². The number of piperazine rings is 1. The lowest BCUT2D eigenvalue weighted by molar-refractivity contribution is 0.585. The third-order valence-corrected chi connectivity index (χ3v) is 6.99. The lowest BCUT2D eigenvalue weighted by atomic mass is 10.1. The van der Waals surface area contributed by atoms with E-state index < -0.39 is 11.4 Å². The molecule has 4 rings (SSSR count). The van der Waals surface area contributed by atoms with Crippen LogP contribution in [0.3, 0.4) is 0 Å². The van der Waals surface area contributed by atoms with E-state index >= 15 is 0 Å². The number of hydrogen-bond donors (Lipinski definition) is 3. The maximum atomic E-state index is 10.7. The van der Waals surface area contributed by atoms with Crippen LogP contribution in [-0.2, 0) is 11.4 Å². The molecule has 3 heterocycles. The van der Waals surface area contributed by atoms with Gasteiger partial charge in [0.15, 0.2) is 0 Å². The highest BCUT2D eigenvalue weighted by molar-refractivity contribution is 7.93. The van der Waals surface area contributed by atoms with Crippen molar-refractivity contribution < 1.29 is 4.55 Å². The molecule has 1 saturated heterocycles. The molecule has 6 nitrogen and oxygen atoms in total. The van der Waals surface area contributed by atoms with Gasteiger partial charge in [-0.15, -0.1) is 0 Å². The smallest absolute Gasteiger partial charge is 0.306 e. The Kier molecular flexibility index (Phi) is 6.65. The van der Waals surface area contributed by atoms with Gasteiger partial charge in [-0.1, -0.05) is 23.2 Å². The van der Waals surface area contributed by atoms with Gasteiger partial charge in [0.25, 0.3) is 4.90 Å². The Morgan fingerprint density at radius 3 is 2.47 bits per heavy atom. The number of hydrogen-bond acceptors (Lipinski definition) is 6. The van der Waals surface area contributed by atoms with Crippen LogP contribution in [0, 0.1) is 6.92 Å². The van der Waals surface area contributed by atoms with E-state index in [1.807, 2.05) is 37.3 Å². The third kappa shape index (κ3) is 4.66. The van der Waals surface area contributed by atoms with Gasteiger partial charge in [-0.2, -0.15) is 9.27 Å². The molecule has 0 saturated carbocycles. The Labute approximate surface area is 188 Å². The molecule has 0 radical (unpaired) electrons. The molecule has 2 aromatic heterocycles. The van der Waals surface area contributed by atoms with Crippen LogP contribution in [0.2, 0.25) is 10.0 Å². The standard InChI is InChI=1S/C21H22Cl2N5OS/c1-14-19(3-2-5-25-14)27-30(29)21-17(22)11-16(12-18(21)23)15-4-6-26-20(13-15)28-9-7-24-8-10-28/h2-6,11-13,24,27,29H,7-10H2,1H3/q+1. The first-order valence-electron chi connectivity index (χ1n) is 9.55. The second-order valence-electron chi connectivity index (χ2n) is 6.93. The molecular weight excluding hydrogens is 441 g/mol. The van der Waals surface area contributed by atoms with E-state index in [2.05, 4.69) is 24.9 Å². The van der Waals surface area contributed by atoms with Gasteiger partial charge in [0.2, 0.25) is 0 Å². The van der Waals surface area contributed by atoms with Gasteiger partial charge >= 0.3 is 11.4 Å². The van der Waals surface area contributed by atoms with Gasteiger partial charge in [-0.25, -0.2) is 4.98 Å². The molecular formula is C21H22Cl2N5OS+. The predicted molar refractivity (Wildman–Crippen MR) is 126 cm³/mol. The van der Waals surface area contributed by atoms with E-state index in [-0.39, 0.29) is 0 Å². The minimum Gasteiger partial charge on any atom is -0.354 e. The second kappa shape index (κ2) is 9.41. The molecule has 0 spiro atoms. The zero-order chi connectivity index (χ0) is 21.1. The molecule has 0 aliphatic carbocycles. The van der Waals surface area contributed by atoms with Crippen molar-refractivity contribution in [2.45, 2.75) is 11.8 Å². The molecule has 0 bridgehead atoms. The van der Waals surface area contributed by atoms with E-state index in [1.165, 1.54) is 0 Å². The maximum absolute atomic E-state index is 10.7. The summed E-state index contributed by atoms with van der Waals surface area (Å²) in [6.07, 6.45) is 3.50. The molecule has 1 fully saturated rings. The predicted octanol–water partition coefficient (Wildman–Crippen LogP) is 4.65. The Bertz CT molecular complexity index is 1020. The lowest BCUT2D eigenvalue weighted by Gasteiger charge is -2.28. The van der Waals surface area contributed by atoms with Gasteiger partial charge in [-0.05, 0) is 54.4 Å². The molecule has 0 amide bonds. The van der Waals surface area contributed by atoms with Crippen LogP contribution >= 0.6 is 23.2 Å². The van der Waals surface area contributed by atoms with Crippen LogP contribution in [0.15, 0.2) is 53.7 Å². The molecule has 1 atom stereocenters. The average molecular weight is 463 g/mol. The molecule has 1 unspecified atom stereocenters. The summed E-state index contributed by atoms with van der Waals surface area (Å²) in [5, 5.41) is 4.15. The highest BCUT2D eigenvalue weighted by Crippen LogP contribution is 2.36. The van der Waals surface area contributed by atoms with E-state index in [0.717, 1.165) is 54.5 Å². The fourth-order valence-electron chi connectivity index (χ4n) is 3.32. The fourth-order valence-corrected chi connectivity index (χ4v) is 5.26. The van der Waals surface area contributed by atoms with Crippen molar-refractivity contribution >= 4 is 46.1 Å². The first-order valence-corrected chi connectivity index (χ1v) is 11.5. The number of pyridine rings is 2. The first-order chi connectivity index (χ1) is 14.5. The number of nitrogens with one attached hydrogen (secondary N) is 2. The highest BCUT2D eigenvalue weighted by atomic mass is 35.5. The van der Waals surface area contributed by atoms with Crippen molar-refractivity contribution in [2.75, 3.05) is 35.8 Å². The van der Waals surface area contributed by atoms with E-state index in [1.54, 1.807) is 18.5 Å². The van der Waals surface area contributed by atoms with E-state index in [4.69, 9.17) is 23.2 Å². The third-order valence-electron chi connectivity index (χ3n) is 4.93. The molecule has 3 aromatic rings. The molecule has 30 heavy (non-hydrogen) atoms. The Hall–Kier alpha value is -2.03. The number of aryl methyl sites for hydroxylation is 1. The van der Waals surface area contributed by atoms with Crippen LogP contribution in [0.1, 0.15) is 5.69 Å². The van der Waals surface area contributed by atoms with Crippen LogP contribution in [0.4, 0.5) is 11.5 Å². The molecule has 156 valence electrons. The molecule has 1 aromatic carbocycles. The topological polar surface area (TPSA) is 73.3 Å². The minimum atomic E-state index is -1.37. The normalized spacial score (nSPS) is 15.1. The fraction of sp³-hybridized carbons (Fsp3) is 0.238. The van der Waals surface area contributed by atoms with Crippen LogP contribution < -0.4 is 14.9 Å². The zero-order valence-corrected chi connectivity index (χ0v) is 18.7. The molecule has 3 N–H and O–H groups in total. The number of rotatable bonds is 5. The highest BCUT2D eigenvalue weighted by Gasteiger charge is 2.30. The molecule has 1 aliphatic rings. The second-order valence-corrected chi connectivity index (χ2v) is 8.93. The van der Waals surface area contributed by atoms with Gasteiger partial charge in [0, 0.05) is 38.6 Å². The summed E-state index contributed by atoms with van der Waals surface area (Å²) in [6.45, 7) is 5.60. The largest absolute Gasteiger partial charge is 0.354 e. The quantitative estimate of drug-likeness (QED) is 0.479. The summed E-state index contributed by atoms with van der Waals surface area (Å²) in [6, 6.07) is 11.3. The molecule has 9 heteroatoms. The molecule has 1 aliphatic heterocycles. The lowest BCUT2D eigenvalue weighted by Crippen LogP contribution is -2.43. The van der Waals surface area contributed by atoms with Crippen molar-refractivity contribution in [3.8, 4) is 11.1 Å². The summed E-state index contributed by atoms with van der Waals surface area (Å²) in [4.78, 5) is 11.4. The number of anilines is 2.